The Hall–Kier alpha value is -4.05. The Bertz CT molecular complexity index is 1160. The van der Waals surface area contributed by atoms with Crippen LogP contribution in [0, 0.1) is 18.3 Å². The summed E-state index contributed by atoms with van der Waals surface area (Å²) >= 11 is 0. The number of methoxy groups -OCH3 is 2. The van der Waals surface area contributed by atoms with Crippen LogP contribution in [0.15, 0.2) is 53.3 Å². The van der Waals surface area contributed by atoms with Gasteiger partial charge in [-0.15, -0.1) is 0 Å². The second-order valence-electron chi connectivity index (χ2n) is 6.17. The molecule has 0 fully saturated rings. The number of nitrogens with one attached hydrogen (secondary N) is 1. The molecule has 0 aliphatic heterocycles. The summed E-state index contributed by atoms with van der Waals surface area (Å²) in [5.74, 6) is 0.594. The van der Waals surface area contributed by atoms with Crippen molar-refractivity contribution in [2.24, 2.45) is 0 Å². The van der Waals surface area contributed by atoms with Gasteiger partial charge in [0.05, 0.1) is 19.8 Å². The second-order valence-corrected chi connectivity index (χ2v) is 6.17. The number of carbonyl (C=O) groups excluding carboxylic acids is 1. The number of carbonyl (C=O) groups is 1. The van der Waals surface area contributed by atoms with Gasteiger partial charge in [0.1, 0.15) is 17.4 Å². The molecular weight excluding hydrogens is 372 g/mol. The Labute approximate surface area is 167 Å². The molecule has 29 heavy (non-hydrogen) atoms. The Kier molecular flexibility index (Phi) is 5.65. The molecule has 0 aliphatic carbocycles. The third-order valence-electron chi connectivity index (χ3n) is 4.28. The monoisotopic (exact) mass is 390 g/mol. The van der Waals surface area contributed by atoms with Gasteiger partial charge in [-0.25, -0.2) is 4.79 Å². The lowest BCUT2D eigenvalue weighted by atomic mass is 10.0. The van der Waals surface area contributed by atoms with E-state index >= 15 is 0 Å². The lowest BCUT2D eigenvalue weighted by molar-refractivity contribution is 0.0729. The molecule has 3 rings (SSSR count). The van der Waals surface area contributed by atoms with E-state index in [-0.39, 0.29) is 11.3 Å². The van der Waals surface area contributed by atoms with Crippen LogP contribution in [-0.2, 0) is 0 Å². The number of ether oxygens (including phenoxy) is 3. The molecule has 0 saturated heterocycles. The molecule has 3 aromatic rings. The summed E-state index contributed by atoms with van der Waals surface area (Å²) in [6.07, 6.45) is 0. The van der Waals surface area contributed by atoms with Gasteiger partial charge in [0.25, 0.3) is 5.56 Å². The zero-order chi connectivity index (χ0) is 21.0. The Morgan fingerprint density at radius 3 is 2.34 bits per heavy atom. The van der Waals surface area contributed by atoms with Gasteiger partial charge in [-0.3, -0.25) is 4.79 Å². The third-order valence-corrected chi connectivity index (χ3v) is 4.28. The standard InChI is InChI=1S/C22H18N2O5/c1-13-10-17(18(12-23)21(25)24-13)15-6-9-19(20(11-15)28-3)29-22(26)14-4-7-16(27-2)8-5-14/h4-11H,1-3H3,(H,24,25). The van der Waals surface area contributed by atoms with Crippen molar-refractivity contribution in [2.45, 2.75) is 6.92 Å². The molecule has 1 aromatic heterocycles. The highest BCUT2D eigenvalue weighted by Crippen LogP contribution is 2.34. The minimum atomic E-state index is -0.552. The van der Waals surface area contributed by atoms with Crippen molar-refractivity contribution < 1.29 is 19.0 Å². The first kappa shape index (κ1) is 19.7. The number of nitrogens with zero attached hydrogens (tertiary/aromatic N) is 1. The highest BCUT2D eigenvalue weighted by molar-refractivity contribution is 5.91. The molecule has 0 radical (unpaired) electrons. The van der Waals surface area contributed by atoms with E-state index < -0.39 is 11.5 Å². The minimum Gasteiger partial charge on any atom is -0.497 e. The fourth-order valence-corrected chi connectivity index (χ4v) is 2.83. The number of pyridine rings is 1. The summed E-state index contributed by atoms with van der Waals surface area (Å²) in [5.41, 5.74) is 1.58. The van der Waals surface area contributed by atoms with Crippen LogP contribution < -0.4 is 19.8 Å². The number of nitriles is 1. The molecule has 0 amide bonds. The lowest BCUT2D eigenvalue weighted by Gasteiger charge is -2.12. The van der Waals surface area contributed by atoms with Crippen molar-refractivity contribution in [3.8, 4) is 34.4 Å². The van der Waals surface area contributed by atoms with Gasteiger partial charge in [-0.1, -0.05) is 6.07 Å². The molecule has 0 spiro atoms. The summed E-state index contributed by atoms with van der Waals surface area (Å²) in [7, 11) is 2.98. The fraction of sp³-hybridized carbons (Fsp3) is 0.136. The topological polar surface area (TPSA) is 101 Å². The van der Waals surface area contributed by atoms with E-state index in [1.54, 1.807) is 62.6 Å². The Balaban J connectivity index is 1.95. The van der Waals surface area contributed by atoms with Crippen molar-refractivity contribution in [3.05, 3.63) is 75.7 Å². The van der Waals surface area contributed by atoms with E-state index in [0.29, 0.717) is 33.9 Å². The van der Waals surface area contributed by atoms with Gasteiger partial charge in [0.15, 0.2) is 11.5 Å². The van der Waals surface area contributed by atoms with E-state index in [0.717, 1.165) is 0 Å². The van der Waals surface area contributed by atoms with E-state index in [2.05, 4.69) is 4.98 Å². The van der Waals surface area contributed by atoms with Crippen LogP contribution in [0.2, 0.25) is 0 Å². The van der Waals surface area contributed by atoms with Crippen molar-refractivity contribution in [2.75, 3.05) is 14.2 Å². The first-order chi connectivity index (χ1) is 14.0. The average Bonchev–Trinajstić information content (AvgIpc) is 2.73. The molecule has 0 saturated carbocycles. The first-order valence-electron chi connectivity index (χ1n) is 8.65. The quantitative estimate of drug-likeness (QED) is 0.529. The van der Waals surface area contributed by atoms with Crippen LogP contribution in [0.4, 0.5) is 0 Å². The maximum absolute atomic E-state index is 12.4. The normalized spacial score (nSPS) is 10.1. The predicted octanol–water partition coefficient (Wildman–Crippen LogP) is 3.46. The molecule has 0 unspecified atom stereocenters. The smallest absolute Gasteiger partial charge is 0.343 e. The van der Waals surface area contributed by atoms with Crippen molar-refractivity contribution >= 4 is 5.97 Å². The van der Waals surface area contributed by atoms with Crippen molar-refractivity contribution in [3.63, 3.8) is 0 Å². The molecular formula is C22H18N2O5. The zero-order valence-electron chi connectivity index (χ0n) is 16.1. The maximum Gasteiger partial charge on any atom is 0.343 e. The summed E-state index contributed by atoms with van der Waals surface area (Å²) in [5, 5.41) is 9.34. The van der Waals surface area contributed by atoms with Crippen molar-refractivity contribution in [1.82, 2.24) is 4.98 Å². The molecule has 7 nitrogen and oxygen atoms in total. The first-order valence-corrected chi connectivity index (χ1v) is 8.65. The zero-order valence-corrected chi connectivity index (χ0v) is 16.1. The summed E-state index contributed by atoms with van der Waals surface area (Å²) in [6.45, 7) is 1.73. The third kappa shape index (κ3) is 4.12. The molecule has 2 aromatic carbocycles. The van der Waals surface area contributed by atoms with Crippen LogP contribution in [0.1, 0.15) is 21.6 Å². The number of esters is 1. The van der Waals surface area contributed by atoms with Gasteiger partial charge in [-0.05, 0) is 55.0 Å². The van der Waals surface area contributed by atoms with Crippen LogP contribution in [0.3, 0.4) is 0 Å². The highest BCUT2D eigenvalue weighted by atomic mass is 16.6. The number of aromatic amines is 1. The van der Waals surface area contributed by atoms with Crippen LogP contribution in [0.25, 0.3) is 11.1 Å². The molecule has 0 bridgehead atoms. The number of H-pyrrole nitrogens is 1. The fourth-order valence-electron chi connectivity index (χ4n) is 2.83. The molecule has 1 heterocycles. The van der Waals surface area contributed by atoms with Crippen LogP contribution in [-0.4, -0.2) is 25.2 Å². The lowest BCUT2D eigenvalue weighted by Crippen LogP contribution is -2.13. The summed E-state index contributed by atoms with van der Waals surface area (Å²) < 4.78 is 15.9. The van der Waals surface area contributed by atoms with E-state index in [9.17, 15) is 14.9 Å². The van der Waals surface area contributed by atoms with Crippen LogP contribution >= 0.6 is 0 Å². The molecule has 0 atom stereocenters. The largest absolute Gasteiger partial charge is 0.497 e. The SMILES string of the molecule is COc1ccc(C(=O)Oc2ccc(-c3cc(C)[nH]c(=O)c3C#N)cc2OC)cc1. The number of hydrogen-bond donors (Lipinski definition) is 1. The Morgan fingerprint density at radius 2 is 1.72 bits per heavy atom. The molecule has 1 N–H and O–H groups in total. The van der Waals surface area contributed by atoms with E-state index in [1.165, 1.54) is 7.11 Å². The summed E-state index contributed by atoms with van der Waals surface area (Å²) in [4.78, 5) is 27.1. The number of benzene rings is 2. The van der Waals surface area contributed by atoms with E-state index in [4.69, 9.17) is 14.2 Å². The molecule has 146 valence electrons. The Morgan fingerprint density at radius 1 is 1.00 bits per heavy atom. The average molecular weight is 390 g/mol. The predicted molar refractivity (Wildman–Crippen MR) is 106 cm³/mol. The van der Waals surface area contributed by atoms with Crippen molar-refractivity contribution in [1.29, 1.82) is 5.26 Å². The number of aromatic nitrogens is 1. The summed E-state index contributed by atoms with van der Waals surface area (Å²) in [6, 6.07) is 15.0. The van der Waals surface area contributed by atoms with E-state index in [1.807, 2.05) is 6.07 Å². The molecule has 0 aliphatic rings. The number of hydrogen-bond acceptors (Lipinski definition) is 6. The second kappa shape index (κ2) is 8.31. The maximum atomic E-state index is 12.4. The highest BCUT2D eigenvalue weighted by Gasteiger charge is 2.16. The minimum absolute atomic E-state index is 0.000584. The molecule has 7 heteroatoms. The number of aryl methyl sites for hydroxylation is 1. The number of rotatable bonds is 5. The van der Waals surface area contributed by atoms with Gasteiger partial charge in [-0.2, -0.15) is 5.26 Å². The van der Waals surface area contributed by atoms with Crippen LogP contribution in [0.5, 0.6) is 17.2 Å². The van der Waals surface area contributed by atoms with Gasteiger partial charge >= 0.3 is 5.97 Å². The van der Waals surface area contributed by atoms with Gasteiger partial charge in [0, 0.05) is 11.3 Å². The van der Waals surface area contributed by atoms with Gasteiger partial charge in [0.2, 0.25) is 0 Å². The van der Waals surface area contributed by atoms with Gasteiger partial charge < -0.3 is 19.2 Å².